The quantitative estimate of drug-likeness (QED) is 0.404. The zero-order valence-corrected chi connectivity index (χ0v) is 20.4. The number of hydrogen-bond acceptors (Lipinski definition) is 1. The Morgan fingerprint density at radius 1 is 1.00 bits per heavy atom. The Morgan fingerprint density at radius 2 is 1.52 bits per heavy atom. The molecule has 0 heterocycles. The van der Waals surface area contributed by atoms with Crippen LogP contribution in [-0.4, -0.2) is 14.7 Å². The molecule has 0 aromatic heterocycles. The van der Waals surface area contributed by atoms with Crippen molar-refractivity contribution < 1.29 is 4.74 Å². The molecule has 1 nitrogen and oxygen atoms in total. The van der Waals surface area contributed by atoms with Gasteiger partial charge in [0.1, 0.15) is 12.4 Å². The molecule has 0 amide bonds. The van der Waals surface area contributed by atoms with Gasteiger partial charge in [0.2, 0.25) is 0 Å². The van der Waals surface area contributed by atoms with Crippen LogP contribution in [0.2, 0.25) is 18.6 Å². The fourth-order valence-electron chi connectivity index (χ4n) is 5.69. The maximum atomic E-state index is 6.39. The lowest BCUT2D eigenvalue weighted by atomic mass is 9.85. The molecule has 0 spiro atoms. The van der Waals surface area contributed by atoms with E-state index in [1.807, 2.05) is 6.08 Å². The van der Waals surface area contributed by atoms with Crippen LogP contribution in [-0.2, 0) is 5.41 Å². The lowest BCUT2D eigenvalue weighted by molar-refractivity contribution is 0.352. The smallest absolute Gasteiger partial charge is 0.122 e. The van der Waals surface area contributed by atoms with Crippen molar-refractivity contribution in [2.45, 2.75) is 79.4 Å². The minimum Gasteiger partial charge on any atom is -0.489 e. The number of hydrogen-bond donors (Lipinski definition) is 0. The lowest BCUT2D eigenvalue weighted by Gasteiger charge is -2.39. The van der Waals surface area contributed by atoms with Crippen LogP contribution in [0.4, 0.5) is 0 Å². The molecule has 1 aromatic carbocycles. The topological polar surface area (TPSA) is 9.23 Å². The van der Waals surface area contributed by atoms with E-state index in [2.05, 4.69) is 87.2 Å². The second-order valence-corrected chi connectivity index (χ2v) is 15.4. The van der Waals surface area contributed by atoms with Gasteiger partial charge in [0, 0.05) is 0 Å². The molecule has 5 atom stereocenters. The van der Waals surface area contributed by atoms with E-state index >= 15 is 0 Å². The number of ether oxygens (including phenoxy) is 1. The van der Waals surface area contributed by atoms with E-state index in [0.717, 1.165) is 35.0 Å². The number of rotatable bonds is 5. The first-order valence-electron chi connectivity index (χ1n) is 10.7. The van der Waals surface area contributed by atoms with Gasteiger partial charge >= 0.3 is 0 Å². The van der Waals surface area contributed by atoms with Crippen molar-refractivity contribution in [3.8, 4) is 5.75 Å². The minimum atomic E-state index is -1.75. The molecule has 1 aliphatic carbocycles. The van der Waals surface area contributed by atoms with E-state index in [1.54, 1.807) is 0 Å². The first-order valence-corrected chi connectivity index (χ1v) is 13.8. The molecule has 0 saturated heterocycles. The maximum absolute atomic E-state index is 6.39. The third kappa shape index (κ3) is 4.06. The molecule has 3 unspecified atom stereocenters. The molecule has 1 saturated carbocycles. The van der Waals surface area contributed by atoms with Crippen LogP contribution in [0.3, 0.4) is 0 Å². The van der Waals surface area contributed by atoms with Crippen LogP contribution in [0.25, 0.3) is 0 Å². The van der Waals surface area contributed by atoms with Crippen LogP contribution in [0.15, 0.2) is 24.8 Å². The summed E-state index contributed by atoms with van der Waals surface area (Å²) in [7, 11) is -1.75. The SMILES string of the molecule is C=CCOc1c(C(C)(C)C)cc(C)cc1[Si](C)(C)C1C(C)C(C)[C@@H](C)[C@H]1C. The average molecular weight is 387 g/mol. The molecule has 0 N–H and O–H groups in total. The fraction of sp³-hybridized carbons (Fsp3) is 0.680. The Labute approximate surface area is 169 Å². The summed E-state index contributed by atoms with van der Waals surface area (Å²) >= 11 is 0. The summed E-state index contributed by atoms with van der Waals surface area (Å²) in [5, 5.41) is 1.51. The van der Waals surface area contributed by atoms with Gasteiger partial charge in [-0.05, 0) is 52.3 Å². The van der Waals surface area contributed by atoms with Crippen LogP contribution in [0, 0.1) is 30.6 Å². The predicted molar refractivity (Wildman–Crippen MR) is 123 cm³/mol. The Morgan fingerprint density at radius 3 is 1.96 bits per heavy atom. The van der Waals surface area contributed by atoms with Gasteiger partial charge in [0.25, 0.3) is 0 Å². The zero-order chi connectivity index (χ0) is 20.7. The van der Waals surface area contributed by atoms with Gasteiger partial charge in [-0.3, -0.25) is 0 Å². The number of benzene rings is 1. The van der Waals surface area contributed by atoms with Crippen molar-refractivity contribution in [3.05, 3.63) is 35.9 Å². The molecule has 1 aromatic rings. The molecule has 1 fully saturated rings. The van der Waals surface area contributed by atoms with Gasteiger partial charge in [-0.2, -0.15) is 0 Å². The van der Waals surface area contributed by atoms with Crippen LogP contribution >= 0.6 is 0 Å². The van der Waals surface area contributed by atoms with Crippen LogP contribution in [0.5, 0.6) is 5.75 Å². The molecule has 152 valence electrons. The standard InChI is InChI=1S/C25H42OSi/c1-12-13-26-23-21(25(7,8)9)14-16(2)15-22(23)27(10,11)24-19(5)17(3)18(4)20(24)6/h12,14-15,17-20,24H,1,13H2,2-11H3/t17-,18?,19-,20?,24?/m1/s1. The normalized spacial score (nSPS) is 29.0. The minimum absolute atomic E-state index is 0.0647. The molecule has 0 radical (unpaired) electrons. The van der Waals surface area contributed by atoms with E-state index in [9.17, 15) is 0 Å². The highest BCUT2D eigenvalue weighted by Gasteiger charge is 2.51. The Bertz CT molecular complexity index is 668. The monoisotopic (exact) mass is 386 g/mol. The highest BCUT2D eigenvalue weighted by molar-refractivity contribution is 6.91. The van der Waals surface area contributed by atoms with Gasteiger partial charge in [-0.25, -0.2) is 0 Å². The summed E-state index contributed by atoms with van der Waals surface area (Å²) in [4.78, 5) is 0. The summed E-state index contributed by atoms with van der Waals surface area (Å²) in [6, 6.07) is 4.77. The van der Waals surface area contributed by atoms with Gasteiger partial charge < -0.3 is 4.74 Å². The highest BCUT2D eigenvalue weighted by atomic mass is 28.3. The van der Waals surface area contributed by atoms with Gasteiger partial charge in [-0.15, -0.1) is 0 Å². The molecular weight excluding hydrogens is 344 g/mol. The summed E-state index contributed by atoms with van der Waals surface area (Å²) in [5.74, 6) is 4.27. The maximum Gasteiger partial charge on any atom is 0.122 e. The predicted octanol–water partition coefficient (Wildman–Crippen LogP) is 6.70. The molecular formula is C25H42OSi. The van der Waals surface area contributed by atoms with E-state index in [1.165, 1.54) is 16.3 Å². The molecule has 1 aliphatic rings. The zero-order valence-electron chi connectivity index (χ0n) is 19.4. The lowest BCUT2D eigenvalue weighted by Crippen LogP contribution is -2.50. The second-order valence-electron chi connectivity index (χ2n) is 10.7. The fourth-order valence-corrected chi connectivity index (χ4v) is 10.7. The van der Waals surface area contributed by atoms with E-state index in [-0.39, 0.29) is 5.41 Å². The van der Waals surface area contributed by atoms with Gasteiger partial charge in [-0.1, -0.05) is 91.9 Å². The largest absolute Gasteiger partial charge is 0.489 e. The molecule has 27 heavy (non-hydrogen) atoms. The summed E-state index contributed by atoms with van der Waals surface area (Å²) in [5.41, 5.74) is 3.55. The Balaban J connectivity index is 2.68. The van der Waals surface area contributed by atoms with Crippen molar-refractivity contribution in [2.75, 3.05) is 6.61 Å². The third-order valence-corrected chi connectivity index (χ3v) is 12.0. The van der Waals surface area contributed by atoms with E-state index in [0.29, 0.717) is 6.61 Å². The van der Waals surface area contributed by atoms with Gasteiger partial charge in [0.15, 0.2) is 0 Å². The summed E-state index contributed by atoms with van der Waals surface area (Å²) in [6.07, 6.45) is 1.87. The molecule has 2 rings (SSSR count). The van der Waals surface area contributed by atoms with Crippen molar-refractivity contribution in [3.63, 3.8) is 0 Å². The van der Waals surface area contributed by atoms with Crippen LogP contribution < -0.4 is 9.92 Å². The van der Waals surface area contributed by atoms with Crippen molar-refractivity contribution in [1.82, 2.24) is 0 Å². The van der Waals surface area contributed by atoms with Gasteiger partial charge in [0.05, 0.1) is 8.07 Å². The third-order valence-electron chi connectivity index (χ3n) is 7.54. The van der Waals surface area contributed by atoms with Crippen molar-refractivity contribution in [2.24, 2.45) is 23.7 Å². The first kappa shape index (κ1) is 22.3. The molecule has 0 bridgehead atoms. The number of aryl methyl sites for hydroxylation is 1. The average Bonchev–Trinajstić information content (AvgIpc) is 2.75. The molecule has 2 heteroatoms. The first-order chi connectivity index (χ1) is 12.3. The highest BCUT2D eigenvalue weighted by Crippen LogP contribution is 2.54. The Kier molecular flexibility index (Phi) is 6.41. The van der Waals surface area contributed by atoms with Crippen molar-refractivity contribution >= 4 is 13.3 Å². The molecule has 0 aliphatic heterocycles. The summed E-state index contributed by atoms with van der Waals surface area (Å²) < 4.78 is 6.39. The van der Waals surface area contributed by atoms with Crippen molar-refractivity contribution in [1.29, 1.82) is 0 Å². The Hall–Kier alpha value is -1.02. The van der Waals surface area contributed by atoms with Crippen LogP contribution in [0.1, 0.15) is 59.6 Å². The second kappa shape index (κ2) is 7.77. The van der Waals surface area contributed by atoms with E-state index in [4.69, 9.17) is 4.74 Å². The van der Waals surface area contributed by atoms with E-state index < -0.39 is 8.07 Å². The summed E-state index contributed by atoms with van der Waals surface area (Å²) in [6.45, 7) is 28.7.